The van der Waals surface area contributed by atoms with E-state index in [0.717, 1.165) is 38.2 Å². The van der Waals surface area contributed by atoms with Gasteiger partial charge in [0.05, 0.1) is 7.11 Å². The molecule has 2 aromatic carbocycles. The molecule has 6 heteroatoms. The van der Waals surface area contributed by atoms with Gasteiger partial charge in [0, 0.05) is 37.3 Å². The molecule has 1 aliphatic rings. The number of nitrogens with zero attached hydrogens (tertiary/aromatic N) is 2. The first kappa shape index (κ1) is 21.9. The molecule has 1 atom stereocenters. The van der Waals surface area contributed by atoms with Crippen molar-refractivity contribution in [1.29, 1.82) is 0 Å². The summed E-state index contributed by atoms with van der Waals surface area (Å²) in [6, 6.07) is 10.2. The maximum Gasteiger partial charge on any atom is 0.160 e. The van der Waals surface area contributed by atoms with E-state index >= 15 is 0 Å². The van der Waals surface area contributed by atoms with Gasteiger partial charge in [-0.3, -0.25) is 0 Å². The second-order valence-electron chi connectivity index (χ2n) is 8.00. The van der Waals surface area contributed by atoms with Crippen molar-refractivity contribution in [1.82, 2.24) is 9.80 Å². The average Bonchev–Trinajstić information content (AvgIpc) is 2.70. The van der Waals surface area contributed by atoms with Crippen LogP contribution in [0.2, 0.25) is 5.02 Å². The Morgan fingerprint density at radius 3 is 2.76 bits per heavy atom. The number of phenols is 1. The van der Waals surface area contributed by atoms with Crippen molar-refractivity contribution < 1.29 is 14.2 Å². The highest BCUT2D eigenvalue weighted by atomic mass is 35.5. The van der Waals surface area contributed by atoms with Crippen LogP contribution >= 0.6 is 11.6 Å². The second-order valence-corrected chi connectivity index (χ2v) is 8.40. The van der Waals surface area contributed by atoms with Gasteiger partial charge in [0.25, 0.3) is 0 Å². The molecule has 0 saturated carbocycles. The van der Waals surface area contributed by atoms with Crippen LogP contribution in [0.4, 0.5) is 4.39 Å². The third-order valence-electron chi connectivity index (χ3n) is 5.59. The fourth-order valence-electron chi connectivity index (χ4n) is 4.11. The van der Waals surface area contributed by atoms with Crippen molar-refractivity contribution in [2.45, 2.75) is 25.8 Å². The van der Waals surface area contributed by atoms with Crippen molar-refractivity contribution in [3.63, 3.8) is 0 Å². The summed E-state index contributed by atoms with van der Waals surface area (Å²) in [4.78, 5) is 4.80. The van der Waals surface area contributed by atoms with Gasteiger partial charge in [-0.2, -0.15) is 0 Å². The summed E-state index contributed by atoms with van der Waals surface area (Å²) in [7, 11) is 3.64. The van der Waals surface area contributed by atoms with E-state index in [-0.39, 0.29) is 11.6 Å². The lowest BCUT2D eigenvalue weighted by Gasteiger charge is -2.35. The highest BCUT2D eigenvalue weighted by Crippen LogP contribution is 2.32. The van der Waals surface area contributed by atoms with Crippen LogP contribution in [0.15, 0.2) is 36.4 Å². The normalized spacial score (nSPS) is 17.6. The number of benzene rings is 2. The molecule has 0 radical (unpaired) electrons. The third-order valence-corrected chi connectivity index (χ3v) is 5.94. The first-order valence-corrected chi connectivity index (χ1v) is 10.5. The molecule has 0 bridgehead atoms. The standard InChI is InChI=1S/C23H30ClFN2O2/c1-26(16-19-12-23(29-2)22(28)13-21(19)24)14-18-4-3-10-27(15-18)11-9-17-5-7-20(25)8-6-17/h5-8,12-13,18,28H,3-4,9-11,14-16H2,1-2H3/t18-/m1/s1. The van der Waals surface area contributed by atoms with Crippen molar-refractivity contribution in [3.05, 3.63) is 58.4 Å². The summed E-state index contributed by atoms with van der Waals surface area (Å²) in [5, 5.41) is 10.4. The smallest absolute Gasteiger partial charge is 0.160 e. The molecule has 1 heterocycles. The maximum atomic E-state index is 13.1. The monoisotopic (exact) mass is 420 g/mol. The van der Waals surface area contributed by atoms with E-state index in [0.29, 0.717) is 23.2 Å². The molecule has 29 heavy (non-hydrogen) atoms. The van der Waals surface area contributed by atoms with E-state index in [2.05, 4.69) is 16.8 Å². The number of hydrogen-bond acceptors (Lipinski definition) is 4. The van der Waals surface area contributed by atoms with Crippen LogP contribution in [0, 0.1) is 11.7 Å². The number of hydrogen-bond donors (Lipinski definition) is 1. The van der Waals surface area contributed by atoms with Gasteiger partial charge < -0.3 is 19.6 Å². The quantitative estimate of drug-likeness (QED) is 0.678. The predicted octanol–water partition coefficient (Wildman–Crippen LogP) is 4.58. The molecule has 0 aromatic heterocycles. The van der Waals surface area contributed by atoms with E-state index in [1.807, 2.05) is 18.2 Å². The summed E-state index contributed by atoms with van der Waals surface area (Å²) in [5.41, 5.74) is 2.13. The Morgan fingerprint density at radius 2 is 2.03 bits per heavy atom. The van der Waals surface area contributed by atoms with E-state index in [1.165, 1.54) is 30.5 Å². The first-order valence-electron chi connectivity index (χ1n) is 10.2. The molecular weight excluding hydrogens is 391 g/mol. The highest BCUT2D eigenvalue weighted by molar-refractivity contribution is 6.31. The largest absolute Gasteiger partial charge is 0.504 e. The summed E-state index contributed by atoms with van der Waals surface area (Å²) in [6.45, 7) is 4.92. The van der Waals surface area contributed by atoms with Gasteiger partial charge in [-0.05, 0) is 68.1 Å². The SMILES string of the molecule is COc1cc(CN(C)C[C@H]2CCCN(CCc3ccc(F)cc3)C2)c(Cl)cc1O. The Balaban J connectivity index is 1.50. The Hall–Kier alpha value is -1.82. The fourth-order valence-corrected chi connectivity index (χ4v) is 4.33. The summed E-state index contributed by atoms with van der Waals surface area (Å²) >= 11 is 6.30. The Morgan fingerprint density at radius 1 is 1.28 bits per heavy atom. The Bertz CT molecular complexity index is 800. The van der Waals surface area contributed by atoms with Gasteiger partial charge in [-0.25, -0.2) is 4.39 Å². The maximum absolute atomic E-state index is 13.1. The van der Waals surface area contributed by atoms with E-state index in [1.54, 1.807) is 13.2 Å². The number of methoxy groups -OCH3 is 1. The lowest BCUT2D eigenvalue weighted by atomic mass is 9.97. The molecule has 1 aliphatic heterocycles. The van der Waals surface area contributed by atoms with Gasteiger partial charge in [0.15, 0.2) is 11.5 Å². The molecule has 1 saturated heterocycles. The number of ether oxygens (including phenoxy) is 1. The van der Waals surface area contributed by atoms with Crippen LogP contribution in [-0.4, -0.2) is 55.2 Å². The molecular formula is C23H30ClFN2O2. The predicted molar refractivity (Wildman–Crippen MR) is 115 cm³/mol. The third kappa shape index (κ3) is 6.33. The lowest BCUT2D eigenvalue weighted by Crippen LogP contribution is -2.40. The van der Waals surface area contributed by atoms with E-state index < -0.39 is 0 Å². The van der Waals surface area contributed by atoms with Gasteiger partial charge in [-0.1, -0.05) is 23.7 Å². The number of aromatic hydroxyl groups is 1. The number of halogens is 2. The van der Waals surface area contributed by atoms with Crippen molar-refractivity contribution in [2.75, 3.05) is 40.3 Å². The molecule has 158 valence electrons. The van der Waals surface area contributed by atoms with Crippen LogP contribution < -0.4 is 4.74 Å². The van der Waals surface area contributed by atoms with E-state index in [9.17, 15) is 9.50 Å². The average molecular weight is 421 g/mol. The number of piperidine rings is 1. The topological polar surface area (TPSA) is 35.9 Å². The summed E-state index contributed by atoms with van der Waals surface area (Å²) in [6.07, 6.45) is 3.38. The Labute approximate surface area is 177 Å². The highest BCUT2D eigenvalue weighted by Gasteiger charge is 2.21. The number of likely N-dealkylation sites (tertiary alicyclic amines) is 1. The van der Waals surface area contributed by atoms with Gasteiger partial charge in [0.1, 0.15) is 5.82 Å². The van der Waals surface area contributed by atoms with Crippen LogP contribution in [0.1, 0.15) is 24.0 Å². The molecule has 3 rings (SSSR count). The first-order chi connectivity index (χ1) is 13.9. The van der Waals surface area contributed by atoms with Crippen molar-refractivity contribution in [3.8, 4) is 11.5 Å². The van der Waals surface area contributed by atoms with Crippen LogP contribution in [0.25, 0.3) is 0 Å². The zero-order valence-electron chi connectivity index (χ0n) is 17.2. The zero-order chi connectivity index (χ0) is 20.8. The minimum absolute atomic E-state index is 0.0629. The summed E-state index contributed by atoms with van der Waals surface area (Å²) < 4.78 is 18.3. The molecule has 1 fully saturated rings. The van der Waals surface area contributed by atoms with Crippen LogP contribution in [0.5, 0.6) is 11.5 Å². The van der Waals surface area contributed by atoms with Crippen LogP contribution in [0.3, 0.4) is 0 Å². The fraction of sp³-hybridized carbons (Fsp3) is 0.478. The zero-order valence-corrected chi connectivity index (χ0v) is 18.0. The minimum atomic E-state index is -0.179. The van der Waals surface area contributed by atoms with Crippen LogP contribution in [-0.2, 0) is 13.0 Å². The number of phenolic OH excluding ortho intramolecular Hbond substituents is 1. The van der Waals surface area contributed by atoms with E-state index in [4.69, 9.17) is 16.3 Å². The second kappa shape index (κ2) is 10.3. The molecule has 0 aliphatic carbocycles. The van der Waals surface area contributed by atoms with Crippen molar-refractivity contribution in [2.24, 2.45) is 5.92 Å². The number of rotatable bonds is 8. The van der Waals surface area contributed by atoms with Gasteiger partial charge in [0.2, 0.25) is 0 Å². The van der Waals surface area contributed by atoms with Gasteiger partial charge >= 0.3 is 0 Å². The molecule has 0 amide bonds. The minimum Gasteiger partial charge on any atom is -0.504 e. The lowest BCUT2D eigenvalue weighted by molar-refractivity contribution is 0.142. The molecule has 4 nitrogen and oxygen atoms in total. The van der Waals surface area contributed by atoms with Gasteiger partial charge in [-0.15, -0.1) is 0 Å². The molecule has 0 unspecified atom stereocenters. The molecule has 1 N–H and O–H groups in total. The molecule has 2 aromatic rings. The summed E-state index contributed by atoms with van der Waals surface area (Å²) in [5.74, 6) is 0.941. The van der Waals surface area contributed by atoms with Crippen molar-refractivity contribution >= 4 is 11.6 Å². The Kier molecular flexibility index (Phi) is 7.76. The molecule has 0 spiro atoms.